The van der Waals surface area contributed by atoms with Crippen molar-refractivity contribution in [2.75, 3.05) is 12.8 Å². The molecule has 5 heteroatoms. The fourth-order valence-corrected chi connectivity index (χ4v) is 0.272. The molecular weight excluding hydrogens is 166 g/mol. The number of rotatable bonds is 2. The van der Waals surface area contributed by atoms with E-state index in [0.717, 1.165) is 6.54 Å². The Morgan fingerprint density at radius 1 is 1.55 bits per heavy atom. The first-order valence-corrected chi connectivity index (χ1v) is 5.08. The molecule has 0 fully saturated rings. The Kier molecular flexibility index (Phi) is 9.27. The fourth-order valence-electron chi connectivity index (χ4n) is 0.272. The number of quaternary nitrogens is 1. The minimum Gasteiger partial charge on any atom is -0.748 e. The third kappa shape index (κ3) is 81.7. The Morgan fingerprint density at radius 2 is 1.91 bits per heavy atom. The molecule has 0 aromatic carbocycles. The summed E-state index contributed by atoms with van der Waals surface area (Å²) in [6.07, 6.45) is 4.69. The molecule has 0 spiro atoms. The zero-order valence-corrected chi connectivity index (χ0v) is 7.89. The molecule has 0 saturated heterocycles. The van der Waals surface area contributed by atoms with Crippen LogP contribution in [0, 0.1) is 0 Å². The highest BCUT2D eigenvalue weighted by Crippen LogP contribution is 1.59. The van der Waals surface area contributed by atoms with Crippen LogP contribution < -0.4 is 5.32 Å². The molecule has 0 unspecified atom stereocenters. The lowest BCUT2D eigenvalue weighted by Gasteiger charge is -1.90. The zero-order chi connectivity index (χ0) is 9.33. The molecule has 0 heterocycles. The first kappa shape index (κ1) is 13.2. The van der Waals surface area contributed by atoms with Crippen molar-refractivity contribution in [3.8, 4) is 0 Å². The van der Waals surface area contributed by atoms with Crippen LogP contribution in [-0.4, -0.2) is 25.8 Å². The van der Waals surface area contributed by atoms with Crippen LogP contribution in [0.25, 0.3) is 0 Å². The Bertz CT molecular complexity index is 176. The van der Waals surface area contributed by atoms with Crippen LogP contribution in [0.2, 0.25) is 0 Å². The van der Waals surface area contributed by atoms with Gasteiger partial charge >= 0.3 is 0 Å². The van der Waals surface area contributed by atoms with Gasteiger partial charge in [-0.1, -0.05) is 0 Å². The van der Waals surface area contributed by atoms with Crippen molar-refractivity contribution < 1.29 is 18.3 Å². The number of allylic oxidation sites excluding steroid dienone is 1. The monoisotopic (exact) mass is 181 g/mol. The molecule has 2 N–H and O–H groups in total. The highest BCUT2D eigenvalue weighted by molar-refractivity contribution is 7.84. The highest BCUT2D eigenvalue weighted by atomic mass is 32.2. The van der Waals surface area contributed by atoms with E-state index in [1.54, 1.807) is 0 Å². The largest absolute Gasteiger partial charge is 0.748 e. The summed E-state index contributed by atoms with van der Waals surface area (Å²) in [5, 5.41) is 2.12. The van der Waals surface area contributed by atoms with Crippen molar-refractivity contribution in [2.45, 2.75) is 13.8 Å². The van der Waals surface area contributed by atoms with Crippen LogP contribution in [0.15, 0.2) is 12.3 Å². The van der Waals surface area contributed by atoms with Gasteiger partial charge in [0.25, 0.3) is 0 Å². The van der Waals surface area contributed by atoms with Gasteiger partial charge in [0.2, 0.25) is 0 Å². The van der Waals surface area contributed by atoms with E-state index in [2.05, 4.69) is 18.4 Å². The second-order valence-corrected chi connectivity index (χ2v) is 3.28. The SMILES string of the molecule is CC=C[NH2+]CC.CS(=O)(=O)[O-]. The number of nitrogens with two attached hydrogens (primary N) is 1. The van der Waals surface area contributed by atoms with Gasteiger partial charge in [0.15, 0.2) is 0 Å². The van der Waals surface area contributed by atoms with Gasteiger partial charge in [-0.15, -0.1) is 0 Å². The van der Waals surface area contributed by atoms with Crippen LogP contribution in [-0.2, 0) is 10.1 Å². The molecule has 0 aliphatic rings. The molecule has 0 aliphatic carbocycles. The third-order valence-electron chi connectivity index (χ3n) is 0.564. The summed E-state index contributed by atoms with van der Waals surface area (Å²) in [5.74, 6) is 0. The van der Waals surface area contributed by atoms with Gasteiger partial charge < -0.3 is 9.87 Å². The Labute approximate surface area is 68.1 Å². The van der Waals surface area contributed by atoms with E-state index < -0.39 is 10.1 Å². The maximum atomic E-state index is 9.08. The van der Waals surface area contributed by atoms with Crippen molar-refractivity contribution >= 4 is 10.1 Å². The summed E-state index contributed by atoms with van der Waals surface area (Å²) in [5.41, 5.74) is 0. The molecule has 0 radical (unpaired) electrons. The molecule has 0 saturated carbocycles. The van der Waals surface area contributed by atoms with Crippen LogP contribution in [0.3, 0.4) is 0 Å². The van der Waals surface area contributed by atoms with E-state index in [4.69, 9.17) is 13.0 Å². The Morgan fingerprint density at radius 3 is 2.00 bits per heavy atom. The summed E-state index contributed by atoms with van der Waals surface area (Å²) in [7, 11) is -3.92. The maximum Gasteiger partial charge on any atom is 0.0916 e. The summed E-state index contributed by atoms with van der Waals surface area (Å²) >= 11 is 0. The van der Waals surface area contributed by atoms with Crippen LogP contribution in [0.1, 0.15) is 13.8 Å². The van der Waals surface area contributed by atoms with E-state index in [1.807, 2.05) is 13.0 Å². The van der Waals surface area contributed by atoms with Gasteiger partial charge in [-0.05, 0) is 19.9 Å². The number of hydrogen-bond acceptors (Lipinski definition) is 3. The van der Waals surface area contributed by atoms with E-state index in [-0.39, 0.29) is 0 Å². The highest BCUT2D eigenvalue weighted by Gasteiger charge is 1.65. The van der Waals surface area contributed by atoms with Gasteiger partial charge in [-0.3, -0.25) is 0 Å². The predicted molar refractivity (Wildman–Crippen MR) is 42.9 cm³/mol. The molecule has 0 amide bonds. The summed E-state index contributed by atoms with van der Waals surface area (Å²) < 4.78 is 27.2. The summed E-state index contributed by atoms with van der Waals surface area (Å²) in [6, 6.07) is 0. The molecule has 0 rings (SSSR count). The van der Waals surface area contributed by atoms with E-state index in [0.29, 0.717) is 6.26 Å². The summed E-state index contributed by atoms with van der Waals surface area (Å²) in [4.78, 5) is 0. The maximum absolute atomic E-state index is 9.08. The minimum absolute atomic E-state index is 0.604. The average Bonchev–Trinajstić information content (AvgIpc) is 1.79. The van der Waals surface area contributed by atoms with E-state index >= 15 is 0 Å². The molecule has 0 bridgehead atoms. The Balaban J connectivity index is 0. The predicted octanol–water partition coefficient (Wildman–Crippen LogP) is -0.735. The molecule has 0 aliphatic heterocycles. The fraction of sp³-hybridized carbons (Fsp3) is 0.667. The Hall–Kier alpha value is -0.390. The van der Waals surface area contributed by atoms with Crippen molar-refractivity contribution in [3.63, 3.8) is 0 Å². The van der Waals surface area contributed by atoms with Crippen LogP contribution in [0.5, 0.6) is 0 Å². The van der Waals surface area contributed by atoms with Crippen molar-refractivity contribution in [2.24, 2.45) is 0 Å². The average molecular weight is 181 g/mol. The molecule has 0 aromatic heterocycles. The molecule has 0 atom stereocenters. The van der Waals surface area contributed by atoms with Gasteiger partial charge in [-0.2, -0.15) is 0 Å². The van der Waals surface area contributed by atoms with E-state index in [1.165, 1.54) is 0 Å². The van der Waals surface area contributed by atoms with E-state index in [9.17, 15) is 0 Å². The topological polar surface area (TPSA) is 73.8 Å². The van der Waals surface area contributed by atoms with Crippen molar-refractivity contribution in [1.82, 2.24) is 0 Å². The molecule has 68 valence electrons. The minimum atomic E-state index is -3.92. The lowest BCUT2D eigenvalue weighted by molar-refractivity contribution is -0.584. The van der Waals surface area contributed by atoms with Gasteiger partial charge in [0.05, 0.1) is 22.9 Å². The zero-order valence-electron chi connectivity index (χ0n) is 7.07. The second-order valence-electron chi connectivity index (χ2n) is 1.87. The summed E-state index contributed by atoms with van der Waals surface area (Å²) in [6.45, 7) is 5.29. The third-order valence-corrected chi connectivity index (χ3v) is 0.564. The molecular formula is C6H15NO3S. The van der Waals surface area contributed by atoms with Crippen molar-refractivity contribution in [3.05, 3.63) is 12.3 Å². The van der Waals surface area contributed by atoms with Gasteiger partial charge in [0.1, 0.15) is 0 Å². The molecule has 11 heavy (non-hydrogen) atoms. The first-order valence-electron chi connectivity index (χ1n) is 3.27. The lowest BCUT2D eigenvalue weighted by Crippen LogP contribution is -2.77. The molecule has 0 aromatic rings. The normalized spacial score (nSPS) is 10.9. The standard InChI is InChI=1S/C5H11N.CH4O3S/c1-3-5-6-4-2;1-5(2,3)4/h3,5-6H,4H2,1-2H3;1H3,(H,2,3,4). The number of hydrogen-bond donors (Lipinski definition) is 1. The van der Waals surface area contributed by atoms with Crippen LogP contribution >= 0.6 is 0 Å². The first-order chi connectivity index (χ1) is 4.91. The second kappa shape index (κ2) is 7.71. The molecule has 4 nitrogen and oxygen atoms in total. The van der Waals surface area contributed by atoms with Crippen molar-refractivity contribution in [1.29, 1.82) is 0 Å². The van der Waals surface area contributed by atoms with Gasteiger partial charge in [0, 0.05) is 6.26 Å². The van der Waals surface area contributed by atoms with Crippen LogP contribution in [0.4, 0.5) is 0 Å². The van der Waals surface area contributed by atoms with Gasteiger partial charge in [-0.25, -0.2) is 8.42 Å². The quantitative estimate of drug-likeness (QED) is 0.570. The smallest absolute Gasteiger partial charge is 0.0916 e. The lowest BCUT2D eigenvalue weighted by atomic mass is 10.6.